The number of fused-ring (bicyclic) bond motifs is 1. The highest BCUT2D eigenvalue weighted by Crippen LogP contribution is 2.28. The summed E-state index contributed by atoms with van der Waals surface area (Å²) in [6.07, 6.45) is -4.41. The molecule has 1 aromatic heterocycles. The number of benzene rings is 1. The van der Waals surface area contributed by atoms with Crippen molar-refractivity contribution >= 4 is 16.8 Å². The Morgan fingerprint density at radius 1 is 1.42 bits per heavy atom. The Bertz CT molecular complexity index is 765. The molecule has 1 N–H and O–H groups in total. The maximum Gasteiger partial charge on any atom is 0.406 e. The molecule has 5 nitrogen and oxygen atoms in total. The summed E-state index contributed by atoms with van der Waals surface area (Å²) < 4.78 is 38.8. The number of alkyl halides is 3. The summed E-state index contributed by atoms with van der Waals surface area (Å²) >= 11 is 0. The van der Waals surface area contributed by atoms with Gasteiger partial charge in [0.15, 0.2) is 0 Å². The van der Waals surface area contributed by atoms with Crippen LogP contribution in [0.4, 0.5) is 13.2 Å². The molecule has 0 aliphatic carbocycles. The van der Waals surface area contributed by atoms with Crippen molar-refractivity contribution in [3.63, 3.8) is 0 Å². The van der Waals surface area contributed by atoms with E-state index in [-0.39, 0.29) is 12.5 Å². The normalized spacial score (nSPS) is 15.5. The number of nitrogens with zero attached hydrogens (tertiary/aromatic N) is 3. The lowest BCUT2D eigenvalue weighted by molar-refractivity contribution is -0.158. The van der Waals surface area contributed by atoms with Crippen LogP contribution in [-0.2, 0) is 11.3 Å². The molecule has 0 spiro atoms. The number of rotatable bonds is 4. The van der Waals surface area contributed by atoms with E-state index >= 15 is 0 Å². The molecule has 2 aromatic rings. The molecule has 0 bridgehead atoms. The topological polar surface area (TPSA) is 50.2 Å². The van der Waals surface area contributed by atoms with Crippen molar-refractivity contribution in [2.45, 2.75) is 25.6 Å². The minimum absolute atomic E-state index is 0.202. The first kappa shape index (κ1) is 16.8. The molecule has 0 unspecified atom stereocenters. The van der Waals surface area contributed by atoms with Crippen LogP contribution in [-0.4, -0.2) is 53.4 Å². The lowest BCUT2D eigenvalue weighted by Gasteiger charge is -2.25. The molecular weight excluding hydrogens is 321 g/mol. The van der Waals surface area contributed by atoms with Gasteiger partial charge in [-0.25, -0.2) is 0 Å². The second-order valence-corrected chi connectivity index (χ2v) is 6.28. The van der Waals surface area contributed by atoms with Gasteiger partial charge in [-0.15, -0.1) is 0 Å². The van der Waals surface area contributed by atoms with Crippen molar-refractivity contribution in [3.8, 4) is 0 Å². The number of hydrogen-bond donors (Lipinski definition) is 1. The van der Waals surface area contributed by atoms with Gasteiger partial charge in [-0.1, -0.05) is 11.6 Å². The number of aryl methyl sites for hydroxylation is 1. The van der Waals surface area contributed by atoms with Crippen molar-refractivity contribution in [2.75, 3.05) is 26.7 Å². The van der Waals surface area contributed by atoms with Crippen LogP contribution in [0, 0.1) is 6.92 Å². The first-order valence-corrected chi connectivity index (χ1v) is 7.73. The van der Waals surface area contributed by atoms with E-state index in [0.717, 1.165) is 42.3 Å². The van der Waals surface area contributed by atoms with E-state index in [4.69, 9.17) is 0 Å². The summed E-state index contributed by atoms with van der Waals surface area (Å²) in [5, 5.41) is 8.67. The fourth-order valence-electron chi connectivity index (χ4n) is 2.83. The summed E-state index contributed by atoms with van der Waals surface area (Å²) in [4.78, 5) is 12.8. The predicted octanol–water partition coefficient (Wildman–Crippen LogP) is 2.05. The summed E-state index contributed by atoms with van der Waals surface area (Å²) in [7, 11) is 1.16. The average molecular weight is 340 g/mol. The highest BCUT2D eigenvalue weighted by molar-refractivity contribution is 5.85. The largest absolute Gasteiger partial charge is 0.406 e. The third-order valence-electron chi connectivity index (χ3n) is 4.23. The van der Waals surface area contributed by atoms with Gasteiger partial charge in [0.05, 0.1) is 11.2 Å². The predicted molar refractivity (Wildman–Crippen MR) is 83.8 cm³/mol. The maximum absolute atomic E-state index is 12.4. The molecule has 2 heterocycles. The van der Waals surface area contributed by atoms with Gasteiger partial charge in [0.1, 0.15) is 13.1 Å². The maximum atomic E-state index is 12.4. The number of likely N-dealkylation sites (N-methyl/N-ethyl adjacent to an activating group) is 1. The molecule has 1 aliphatic rings. The molecule has 1 fully saturated rings. The number of hydrogen-bond acceptors (Lipinski definition) is 3. The van der Waals surface area contributed by atoms with Gasteiger partial charge < -0.3 is 10.2 Å². The van der Waals surface area contributed by atoms with Gasteiger partial charge in [0.2, 0.25) is 5.91 Å². The fourth-order valence-corrected chi connectivity index (χ4v) is 2.83. The molecule has 24 heavy (non-hydrogen) atoms. The van der Waals surface area contributed by atoms with Gasteiger partial charge in [0.25, 0.3) is 0 Å². The van der Waals surface area contributed by atoms with Crippen LogP contribution >= 0.6 is 0 Å². The number of carbonyl (C=O) groups is 1. The molecule has 1 aliphatic heterocycles. The molecule has 0 atom stereocenters. The Hall–Kier alpha value is -2.09. The van der Waals surface area contributed by atoms with Crippen molar-refractivity contribution in [3.05, 3.63) is 29.5 Å². The fraction of sp³-hybridized carbons (Fsp3) is 0.500. The Morgan fingerprint density at radius 2 is 2.12 bits per heavy atom. The number of halogens is 3. The van der Waals surface area contributed by atoms with E-state index in [1.54, 1.807) is 0 Å². The van der Waals surface area contributed by atoms with Crippen LogP contribution in [0.25, 0.3) is 10.9 Å². The summed E-state index contributed by atoms with van der Waals surface area (Å²) in [5.74, 6) is -0.339. The highest BCUT2D eigenvalue weighted by Gasteiger charge is 2.32. The molecule has 8 heteroatoms. The van der Waals surface area contributed by atoms with Crippen LogP contribution in [0.5, 0.6) is 0 Å². The summed E-state index contributed by atoms with van der Waals surface area (Å²) in [6, 6.07) is 5.79. The van der Waals surface area contributed by atoms with Crippen molar-refractivity contribution < 1.29 is 18.0 Å². The van der Waals surface area contributed by atoms with Crippen molar-refractivity contribution in [2.24, 2.45) is 0 Å². The second kappa shape index (κ2) is 6.08. The van der Waals surface area contributed by atoms with Gasteiger partial charge >= 0.3 is 6.18 Å². The molecule has 1 aromatic carbocycles. The number of amides is 1. The standard InChI is InChI=1S/C16H19F3N4O/c1-10-3-4-13-12(5-10)15(11-6-20-7-11)21-23(13)8-14(24)22(2)9-16(17,18)19/h3-5,11,20H,6-9H2,1-2H3. The molecule has 3 rings (SSSR count). The van der Waals surface area contributed by atoms with Crippen LogP contribution in [0.1, 0.15) is 17.2 Å². The molecule has 1 amide bonds. The van der Waals surface area contributed by atoms with Crippen molar-refractivity contribution in [1.82, 2.24) is 20.0 Å². The highest BCUT2D eigenvalue weighted by atomic mass is 19.4. The van der Waals surface area contributed by atoms with Gasteiger partial charge in [0, 0.05) is 31.4 Å². The number of aromatic nitrogens is 2. The smallest absolute Gasteiger partial charge is 0.335 e. The Kier molecular flexibility index (Phi) is 4.25. The molecular formula is C16H19F3N4O. The van der Waals surface area contributed by atoms with E-state index in [9.17, 15) is 18.0 Å². The van der Waals surface area contributed by atoms with Gasteiger partial charge in [-0.2, -0.15) is 18.3 Å². The summed E-state index contributed by atoms with van der Waals surface area (Å²) in [5.41, 5.74) is 2.76. The Labute approximate surface area is 137 Å². The zero-order valence-electron chi connectivity index (χ0n) is 13.5. The van der Waals surface area contributed by atoms with E-state index in [1.807, 2.05) is 25.1 Å². The van der Waals surface area contributed by atoms with Gasteiger partial charge in [-0.05, 0) is 19.1 Å². The first-order chi connectivity index (χ1) is 11.2. The zero-order chi connectivity index (χ0) is 17.5. The van der Waals surface area contributed by atoms with E-state index in [1.165, 1.54) is 4.68 Å². The average Bonchev–Trinajstić information content (AvgIpc) is 2.73. The second-order valence-electron chi connectivity index (χ2n) is 6.28. The Balaban J connectivity index is 1.88. The SMILES string of the molecule is Cc1ccc2c(c1)c(C1CNC1)nn2CC(=O)N(C)CC(F)(F)F. The lowest BCUT2D eigenvalue weighted by atomic mass is 9.96. The molecule has 0 saturated carbocycles. The summed E-state index contributed by atoms with van der Waals surface area (Å²) in [6.45, 7) is 2.15. The first-order valence-electron chi connectivity index (χ1n) is 7.73. The van der Waals surface area contributed by atoms with Crippen LogP contribution in [0.3, 0.4) is 0 Å². The Morgan fingerprint density at radius 3 is 2.71 bits per heavy atom. The zero-order valence-corrected chi connectivity index (χ0v) is 13.5. The lowest BCUT2D eigenvalue weighted by Crippen LogP contribution is -2.40. The number of carbonyl (C=O) groups excluding carboxylic acids is 1. The van der Waals surface area contributed by atoms with Crippen LogP contribution in [0.2, 0.25) is 0 Å². The van der Waals surface area contributed by atoms with E-state index < -0.39 is 18.6 Å². The minimum atomic E-state index is -4.41. The third kappa shape index (κ3) is 3.38. The molecule has 1 saturated heterocycles. The molecule has 130 valence electrons. The van der Waals surface area contributed by atoms with E-state index in [0.29, 0.717) is 4.90 Å². The quantitative estimate of drug-likeness (QED) is 0.927. The van der Waals surface area contributed by atoms with E-state index in [2.05, 4.69) is 10.4 Å². The number of nitrogens with one attached hydrogen (secondary N) is 1. The minimum Gasteiger partial charge on any atom is -0.335 e. The van der Waals surface area contributed by atoms with Crippen LogP contribution < -0.4 is 5.32 Å². The van der Waals surface area contributed by atoms with Crippen LogP contribution in [0.15, 0.2) is 18.2 Å². The monoisotopic (exact) mass is 340 g/mol. The van der Waals surface area contributed by atoms with Gasteiger partial charge in [-0.3, -0.25) is 9.48 Å². The van der Waals surface area contributed by atoms with Crippen molar-refractivity contribution in [1.29, 1.82) is 0 Å². The molecule has 0 radical (unpaired) electrons. The third-order valence-corrected chi connectivity index (χ3v) is 4.23.